The molecule has 2 rings (SSSR count). The maximum Gasteiger partial charge on any atom is 0.124 e. The van der Waals surface area contributed by atoms with Crippen LogP contribution in [-0.4, -0.2) is 6.61 Å². The highest BCUT2D eigenvalue weighted by atomic mass is 79.9. The average molecular weight is 354 g/mol. The number of hydrogen-bond acceptors (Lipinski definition) is 1. The van der Waals surface area contributed by atoms with Crippen LogP contribution in [0.1, 0.15) is 29.0 Å². The predicted octanol–water partition coefficient (Wildman–Crippen LogP) is 5.68. The molecule has 2 aromatic rings. The van der Waals surface area contributed by atoms with Gasteiger partial charge in [-0.25, -0.2) is 0 Å². The molecule has 0 saturated carbocycles. The van der Waals surface area contributed by atoms with Gasteiger partial charge in [-0.2, -0.15) is 0 Å². The van der Waals surface area contributed by atoms with Crippen LogP contribution >= 0.6 is 27.5 Å². The maximum atomic E-state index is 6.62. The molecule has 106 valence electrons. The minimum absolute atomic E-state index is 0.102. The van der Waals surface area contributed by atoms with E-state index in [2.05, 4.69) is 41.1 Å². The second-order valence-corrected chi connectivity index (χ2v) is 6.16. The molecular weight excluding hydrogens is 336 g/mol. The first-order valence-corrected chi connectivity index (χ1v) is 7.95. The van der Waals surface area contributed by atoms with Crippen molar-refractivity contribution in [3.63, 3.8) is 0 Å². The first-order chi connectivity index (χ1) is 9.61. The summed E-state index contributed by atoms with van der Waals surface area (Å²) in [5.74, 6) is 0.865. The Kier molecular flexibility index (Phi) is 5.50. The van der Waals surface area contributed by atoms with Crippen LogP contribution in [0.3, 0.4) is 0 Å². The molecule has 0 spiro atoms. The zero-order chi connectivity index (χ0) is 14.5. The van der Waals surface area contributed by atoms with Gasteiger partial charge in [-0.3, -0.25) is 0 Å². The van der Waals surface area contributed by atoms with Gasteiger partial charge in [0.05, 0.1) is 12.0 Å². The second kappa shape index (κ2) is 7.14. The summed E-state index contributed by atoms with van der Waals surface area (Å²) in [4.78, 5) is 0. The van der Waals surface area contributed by atoms with Crippen molar-refractivity contribution in [2.24, 2.45) is 0 Å². The van der Waals surface area contributed by atoms with Gasteiger partial charge in [0.25, 0.3) is 0 Å². The fourth-order valence-electron chi connectivity index (χ4n) is 2.19. The van der Waals surface area contributed by atoms with Gasteiger partial charge in [-0.05, 0) is 49.6 Å². The maximum absolute atomic E-state index is 6.62. The standard InChI is InChI=1S/C17H18BrClO/c1-3-20-17-9-8-14(18)11-15(17)16(19)10-13-7-5-4-6-12(13)2/h4-9,11,16H,3,10H2,1-2H3. The van der Waals surface area contributed by atoms with Crippen LogP contribution in [0.5, 0.6) is 5.75 Å². The topological polar surface area (TPSA) is 9.23 Å². The molecule has 0 radical (unpaired) electrons. The zero-order valence-corrected chi connectivity index (χ0v) is 14.0. The molecule has 0 aromatic heterocycles. The number of alkyl halides is 1. The van der Waals surface area contributed by atoms with E-state index in [1.54, 1.807) is 0 Å². The highest BCUT2D eigenvalue weighted by Gasteiger charge is 2.15. The van der Waals surface area contributed by atoms with E-state index >= 15 is 0 Å². The summed E-state index contributed by atoms with van der Waals surface area (Å²) in [7, 11) is 0. The molecule has 0 saturated heterocycles. The van der Waals surface area contributed by atoms with Crippen LogP contribution in [0, 0.1) is 6.92 Å². The van der Waals surface area contributed by atoms with Crippen LogP contribution in [0.4, 0.5) is 0 Å². The van der Waals surface area contributed by atoms with Crippen molar-refractivity contribution in [3.8, 4) is 5.75 Å². The van der Waals surface area contributed by atoms with Gasteiger partial charge in [-0.1, -0.05) is 40.2 Å². The Morgan fingerprint density at radius 2 is 1.95 bits per heavy atom. The van der Waals surface area contributed by atoms with E-state index in [9.17, 15) is 0 Å². The van der Waals surface area contributed by atoms with Gasteiger partial charge >= 0.3 is 0 Å². The third kappa shape index (κ3) is 3.77. The Labute approximate surface area is 134 Å². The number of halogens is 2. The van der Waals surface area contributed by atoms with E-state index in [1.165, 1.54) is 11.1 Å². The van der Waals surface area contributed by atoms with Crippen molar-refractivity contribution in [3.05, 3.63) is 63.6 Å². The van der Waals surface area contributed by atoms with Crippen LogP contribution in [0.2, 0.25) is 0 Å². The fourth-order valence-corrected chi connectivity index (χ4v) is 2.91. The predicted molar refractivity (Wildman–Crippen MR) is 88.8 cm³/mol. The summed E-state index contributed by atoms with van der Waals surface area (Å²) < 4.78 is 6.70. The monoisotopic (exact) mass is 352 g/mol. The molecule has 0 aliphatic carbocycles. The van der Waals surface area contributed by atoms with Crippen LogP contribution in [0.25, 0.3) is 0 Å². The number of ether oxygens (including phenoxy) is 1. The van der Waals surface area contributed by atoms with Crippen molar-refractivity contribution >= 4 is 27.5 Å². The number of rotatable bonds is 5. The lowest BCUT2D eigenvalue weighted by molar-refractivity contribution is 0.336. The summed E-state index contributed by atoms with van der Waals surface area (Å²) >= 11 is 10.1. The molecule has 1 atom stereocenters. The molecule has 0 amide bonds. The molecule has 1 nitrogen and oxygen atoms in total. The van der Waals surface area contributed by atoms with E-state index in [1.807, 2.05) is 31.2 Å². The SMILES string of the molecule is CCOc1ccc(Br)cc1C(Cl)Cc1ccccc1C. The van der Waals surface area contributed by atoms with Crippen LogP contribution < -0.4 is 4.74 Å². The van der Waals surface area contributed by atoms with E-state index < -0.39 is 0 Å². The zero-order valence-electron chi connectivity index (χ0n) is 11.7. The molecule has 0 fully saturated rings. The number of hydrogen-bond donors (Lipinski definition) is 0. The quantitative estimate of drug-likeness (QED) is 0.628. The molecule has 0 N–H and O–H groups in total. The van der Waals surface area contributed by atoms with E-state index in [0.29, 0.717) is 6.61 Å². The number of aryl methyl sites for hydroxylation is 1. The minimum Gasteiger partial charge on any atom is -0.494 e. The van der Waals surface area contributed by atoms with Gasteiger partial charge in [0, 0.05) is 10.0 Å². The van der Waals surface area contributed by atoms with Crippen LogP contribution in [0.15, 0.2) is 46.9 Å². The van der Waals surface area contributed by atoms with Gasteiger partial charge in [-0.15, -0.1) is 11.6 Å². The smallest absolute Gasteiger partial charge is 0.124 e. The Bertz CT molecular complexity index is 583. The Morgan fingerprint density at radius 3 is 2.65 bits per heavy atom. The summed E-state index contributed by atoms with van der Waals surface area (Å²) in [6.45, 7) is 4.74. The van der Waals surface area contributed by atoms with E-state index in [-0.39, 0.29) is 5.38 Å². The lowest BCUT2D eigenvalue weighted by Gasteiger charge is -2.16. The minimum atomic E-state index is -0.102. The molecule has 0 heterocycles. The molecule has 20 heavy (non-hydrogen) atoms. The van der Waals surface area contributed by atoms with Crippen molar-refractivity contribution in [2.75, 3.05) is 6.61 Å². The van der Waals surface area contributed by atoms with Crippen molar-refractivity contribution in [1.82, 2.24) is 0 Å². The van der Waals surface area contributed by atoms with Crippen LogP contribution in [-0.2, 0) is 6.42 Å². The summed E-state index contributed by atoms with van der Waals surface area (Å²) in [5.41, 5.74) is 3.58. The lowest BCUT2D eigenvalue weighted by Crippen LogP contribution is -2.02. The van der Waals surface area contributed by atoms with Gasteiger partial charge in [0.2, 0.25) is 0 Å². The molecule has 0 aliphatic rings. The fraction of sp³-hybridized carbons (Fsp3) is 0.294. The Morgan fingerprint density at radius 1 is 1.20 bits per heavy atom. The largest absolute Gasteiger partial charge is 0.494 e. The molecule has 1 unspecified atom stereocenters. The second-order valence-electron chi connectivity index (χ2n) is 4.71. The van der Waals surface area contributed by atoms with Gasteiger partial charge in [0.1, 0.15) is 5.75 Å². The third-order valence-corrected chi connectivity index (χ3v) is 4.15. The van der Waals surface area contributed by atoms with Crippen molar-refractivity contribution < 1.29 is 4.74 Å². The molecular formula is C17H18BrClO. The summed E-state index contributed by atoms with van der Waals surface area (Å²) in [6, 6.07) is 14.3. The lowest BCUT2D eigenvalue weighted by atomic mass is 10.00. The first-order valence-electron chi connectivity index (χ1n) is 6.72. The third-order valence-electron chi connectivity index (χ3n) is 3.27. The van der Waals surface area contributed by atoms with E-state index in [0.717, 1.165) is 22.2 Å². The molecule has 3 heteroatoms. The van der Waals surface area contributed by atoms with Crippen molar-refractivity contribution in [2.45, 2.75) is 25.6 Å². The average Bonchev–Trinajstić information content (AvgIpc) is 2.43. The molecule has 0 aliphatic heterocycles. The highest BCUT2D eigenvalue weighted by molar-refractivity contribution is 9.10. The molecule has 2 aromatic carbocycles. The molecule has 0 bridgehead atoms. The first kappa shape index (κ1) is 15.4. The summed E-state index contributed by atoms with van der Waals surface area (Å²) in [6.07, 6.45) is 0.796. The number of benzene rings is 2. The normalized spacial score (nSPS) is 12.2. The van der Waals surface area contributed by atoms with Gasteiger partial charge in [0.15, 0.2) is 0 Å². The Hall–Kier alpha value is -0.990. The van der Waals surface area contributed by atoms with Crippen molar-refractivity contribution in [1.29, 1.82) is 0 Å². The summed E-state index contributed by atoms with van der Waals surface area (Å²) in [5, 5.41) is -0.102. The highest BCUT2D eigenvalue weighted by Crippen LogP contribution is 2.35. The Balaban J connectivity index is 2.26. The van der Waals surface area contributed by atoms with Gasteiger partial charge < -0.3 is 4.74 Å². The van der Waals surface area contributed by atoms with E-state index in [4.69, 9.17) is 16.3 Å².